The van der Waals surface area contributed by atoms with Crippen molar-refractivity contribution < 1.29 is 18.0 Å². The molecule has 2 amide bonds. The highest BCUT2D eigenvalue weighted by atomic mass is 32.2. The number of nitrogens with one attached hydrogen (secondary N) is 1. The molecular weight excluding hydrogens is 446 g/mol. The van der Waals surface area contributed by atoms with Gasteiger partial charge in [0.25, 0.3) is 0 Å². The predicted molar refractivity (Wildman–Crippen MR) is 125 cm³/mol. The first-order valence-electron chi connectivity index (χ1n) is 10.8. The molecule has 2 aromatic rings. The molecule has 0 radical (unpaired) electrons. The van der Waals surface area contributed by atoms with Crippen LogP contribution in [0.4, 0.5) is 5.69 Å². The van der Waals surface area contributed by atoms with Gasteiger partial charge in [0.1, 0.15) is 6.54 Å². The maximum Gasteiger partial charge on any atom is 0.243 e. The highest BCUT2D eigenvalue weighted by molar-refractivity contribution is 7.99. The molecule has 2 aliphatic heterocycles. The van der Waals surface area contributed by atoms with Crippen molar-refractivity contribution in [3.63, 3.8) is 0 Å². The molecule has 0 bridgehead atoms. The minimum atomic E-state index is -3.64. The highest BCUT2D eigenvalue weighted by Crippen LogP contribution is 2.36. The lowest BCUT2D eigenvalue weighted by atomic mass is 10.2. The summed E-state index contributed by atoms with van der Waals surface area (Å²) in [5.74, 6) is 0.120. The van der Waals surface area contributed by atoms with Gasteiger partial charge in [-0.3, -0.25) is 9.59 Å². The van der Waals surface area contributed by atoms with Gasteiger partial charge >= 0.3 is 0 Å². The van der Waals surface area contributed by atoms with E-state index < -0.39 is 10.0 Å². The lowest BCUT2D eigenvalue weighted by molar-refractivity contribution is -0.123. The standard InChI is InChI=1S/C23H27N3O4S2/c27-22(24-16-18-7-3-1-4-8-18)17-26-20-15-19(9-10-21(20)31-14-11-23(26)28)32(29,30)25-12-5-2-6-13-25/h1,3-4,7-10,15H,2,5-6,11-14,16-17H2,(H,24,27). The van der Waals surface area contributed by atoms with Gasteiger partial charge in [-0.2, -0.15) is 4.31 Å². The van der Waals surface area contributed by atoms with E-state index in [1.807, 2.05) is 30.3 Å². The van der Waals surface area contributed by atoms with Crippen molar-refractivity contribution in [2.24, 2.45) is 0 Å². The third-order valence-corrected chi connectivity index (χ3v) is 8.64. The summed E-state index contributed by atoms with van der Waals surface area (Å²) in [5.41, 5.74) is 1.46. The Morgan fingerprint density at radius 2 is 1.78 bits per heavy atom. The van der Waals surface area contributed by atoms with Gasteiger partial charge in [0.15, 0.2) is 0 Å². The first-order valence-corrected chi connectivity index (χ1v) is 13.3. The SMILES string of the molecule is O=C(CN1C(=O)CCSc2ccc(S(=O)(=O)N3CCCCC3)cc21)NCc1ccccc1. The summed E-state index contributed by atoms with van der Waals surface area (Å²) >= 11 is 1.51. The van der Waals surface area contributed by atoms with Crippen molar-refractivity contribution in [3.05, 3.63) is 54.1 Å². The fourth-order valence-electron chi connectivity index (χ4n) is 3.93. The zero-order chi connectivity index (χ0) is 22.6. The first-order chi connectivity index (χ1) is 15.4. The molecule has 0 aliphatic carbocycles. The summed E-state index contributed by atoms with van der Waals surface area (Å²) in [6.45, 7) is 1.25. The number of carbonyl (C=O) groups is 2. The van der Waals surface area contributed by atoms with Crippen LogP contribution in [0.5, 0.6) is 0 Å². The fraction of sp³-hybridized carbons (Fsp3) is 0.391. The maximum atomic E-state index is 13.2. The van der Waals surface area contributed by atoms with Crippen molar-refractivity contribution in [2.75, 3.05) is 30.3 Å². The van der Waals surface area contributed by atoms with Gasteiger partial charge in [-0.15, -0.1) is 11.8 Å². The van der Waals surface area contributed by atoms with E-state index in [0.717, 1.165) is 29.7 Å². The predicted octanol–water partition coefficient (Wildman–Crippen LogP) is 3.01. The minimum Gasteiger partial charge on any atom is -0.350 e. The number of anilines is 1. The number of hydrogen-bond donors (Lipinski definition) is 1. The number of fused-ring (bicyclic) bond motifs is 1. The number of rotatable bonds is 6. The van der Waals surface area contributed by atoms with Crippen LogP contribution in [0.2, 0.25) is 0 Å². The number of benzene rings is 2. The molecule has 1 N–H and O–H groups in total. The van der Waals surface area contributed by atoms with Crippen LogP contribution in [-0.2, 0) is 26.2 Å². The molecule has 2 heterocycles. The second-order valence-electron chi connectivity index (χ2n) is 7.93. The molecule has 170 valence electrons. The van der Waals surface area contributed by atoms with Gasteiger partial charge in [-0.05, 0) is 36.6 Å². The fourth-order valence-corrected chi connectivity index (χ4v) is 6.45. The monoisotopic (exact) mass is 473 g/mol. The average Bonchev–Trinajstić information content (AvgIpc) is 2.97. The van der Waals surface area contributed by atoms with Crippen LogP contribution in [0.3, 0.4) is 0 Å². The van der Waals surface area contributed by atoms with E-state index >= 15 is 0 Å². The minimum absolute atomic E-state index is 0.146. The molecule has 1 saturated heterocycles. The van der Waals surface area contributed by atoms with Crippen molar-refractivity contribution in [1.82, 2.24) is 9.62 Å². The molecule has 0 spiro atoms. The van der Waals surface area contributed by atoms with Gasteiger partial charge in [0.2, 0.25) is 21.8 Å². The number of sulfonamides is 1. The van der Waals surface area contributed by atoms with E-state index in [9.17, 15) is 18.0 Å². The molecule has 0 aromatic heterocycles. The van der Waals surface area contributed by atoms with Crippen LogP contribution in [0.1, 0.15) is 31.2 Å². The van der Waals surface area contributed by atoms with E-state index in [1.54, 1.807) is 18.2 Å². The van der Waals surface area contributed by atoms with Crippen molar-refractivity contribution in [3.8, 4) is 0 Å². The Hall–Kier alpha value is -2.36. The molecule has 2 aliphatic rings. The molecular formula is C23H27N3O4S2. The van der Waals surface area contributed by atoms with Gasteiger partial charge in [-0.1, -0.05) is 36.8 Å². The smallest absolute Gasteiger partial charge is 0.243 e. The maximum absolute atomic E-state index is 13.2. The van der Waals surface area contributed by atoms with Gasteiger partial charge in [-0.25, -0.2) is 8.42 Å². The topological polar surface area (TPSA) is 86.8 Å². The largest absolute Gasteiger partial charge is 0.350 e. The normalized spacial score (nSPS) is 17.5. The number of amides is 2. The summed E-state index contributed by atoms with van der Waals surface area (Å²) in [7, 11) is -3.64. The number of carbonyl (C=O) groups excluding carboxylic acids is 2. The Morgan fingerprint density at radius 3 is 2.53 bits per heavy atom. The summed E-state index contributed by atoms with van der Waals surface area (Å²) in [6.07, 6.45) is 3.03. The zero-order valence-corrected chi connectivity index (χ0v) is 19.5. The van der Waals surface area contributed by atoms with E-state index in [4.69, 9.17) is 0 Å². The van der Waals surface area contributed by atoms with Crippen LogP contribution in [0.25, 0.3) is 0 Å². The Labute approximate surface area is 193 Å². The quantitative estimate of drug-likeness (QED) is 0.697. The summed E-state index contributed by atoms with van der Waals surface area (Å²) in [6, 6.07) is 14.5. The molecule has 2 aromatic carbocycles. The van der Waals surface area contributed by atoms with E-state index in [-0.39, 0.29) is 23.3 Å². The molecule has 4 rings (SSSR count). The molecule has 7 nitrogen and oxygen atoms in total. The average molecular weight is 474 g/mol. The molecule has 9 heteroatoms. The summed E-state index contributed by atoms with van der Waals surface area (Å²) < 4.78 is 27.8. The molecule has 0 unspecified atom stereocenters. The van der Waals surface area contributed by atoms with Crippen LogP contribution in [0, 0.1) is 0 Å². The Balaban J connectivity index is 1.56. The first kappa shape index (κ1) is 22.8. The van der Waals surface area contributed by atoms with E-state index in [0.29, 0.717) is 37.5 Å². The van der Waals surface area contributed by atoms with Crippen molar-refractivity contribution in [1.29, 1.82) is 0 Å². The lowest BCUT2D eigenvalue weighted by Crippen LogP contribution is -2.40. The van der Waals surface area contributed by atoms with Crippen LogP contribution in [-0.4, -0.2) is 49.9 Å². The number of piperidine rings is 1. The second-order valence-corrected chi connectivity index (χ2v) is 11.0. The molecule has 1 fully saturated rings. The molecule has 32 heavy (non-hydrogen) atoms. The highest BCUT2D eigenvalue weighted by Gasteiger charge is 2.30. The van der Waals surface area contributed by atoms with Crippen molar-refractivity contribution in [2.45, 2.75) is 42.0 Å². The Kier molecular flexibility index (Phi) is 7.17. The molecule has 0 atom stereocenters. The van der Waals surface area contributed by atoms with E-state index in [2.05, 4.69) is 5.32 Å². The summed E-state index contributed by atoms with van der Waals surface area (Å²) in [5, 5.41) is 2.85. The lowest BCUT2D eigenvalue weighted by Gasteiger charge is -2.27. The zero-order valence-electron chi connectivity index (χ0n) is 17.8. The van der Waals surface area contributed by atoms with Crippen molar-refractivity contribution >= 4 is 39.3 Å². The van der Waals surface area contributed by atoms with Crippen LogP contribution >= 0.6 is 11.8 Å². The van der Waals surface area contributed by atoms with Crippen LogP contribution in [0.15, 0.2) is 58.3 Å². The Morgan fingerprint density at radius 1 is 1.03 bits per heavy atom. The number of thioether (sulfide) groups is 1. The number of nitrogens with zero attached hydrogens (tertiary/aromatic N) is 2. The second kappa shape index (κ2) is 10.1. The van der Waals surface area contributed by atoms with E-state index in [1.165, 1.54) is 21.0 Å². The third kappa shape index (κ3) is 5.16. The van der Waals surface area contributed by atoms with Gasteiger partial charge in [0, 0.05) is 36.7 Å². The van der Waals surface area contributed by atoms with Gasteiger partial charge in [0.05, 0.1) is 10.6 Å². The molecule has 0 saturated carbocycles. The van der Waals surface area contributed by atoms with Gasteiger partial charge < -0.3 is 10.2 Å². The third-order valence-electron chi connectivity index (χ3n) is 5.68. The van der Waals surface area contributed by atoms with Crippen LogP contribution < -0.4 is 10.2 Å². The summed E-state index contributed by atoms with van der Waals surface area (Å²) in [4.78, 5) is 27.9. The number of hydrogen-bond acceptors (Lipinski definition) is 5. The Bertz CT molecular complexity index is 1080.